The predicted molar refractivity (Wildman–Crippen MR) is 97.8 cm³/mol. The van der Waals surface area contributed by atoms with E-state index in [4.69, 9.17) is 10.5 Å². The summed E-state index contributed by atoms with van der Waals surface area (Å²) >= 11 is 3.34. The summed E-state index contributed by atoms with van der Waals surface area (Å²) < 4.78 is 2.56. The number of carbonyl (C=O) groups excluding carboxylic acids is 1. The van der Waals surface area contributed by atoms with Gasteiger partial charge in [-0.3, -0.25) is 4.79 Å². The second kappa shape index (κ2) is 8.23. The van der Waals surface area contributed by atoms with Crippen LogP contribution in [0.1, 0.15) is 16.4 Å². The minimum Gasteiger partial charge on any atom is -0.377 e. The van der Waals surface area contributed by atoms with E-state index < -0.39 is 6.04 Å². The molecule has 1 unspecified atom stereocenters. The van der Waals surface area contributed by atoms with Crippen LogP contribution in [-0.2, 0) is 0 Å². The Labute approximate surface area is 155 Å². The van der Waals surface area contributed by atoms with Gasteiger partial charge in [-0.25, -0.2) is 0 Å². The highest BCUT2D eigenvalue weighted by molar-refractivity contribution is 9.10. The average molecular weight is 396 g/mol. The number of aromatic nitrogens is 1. The summed E-state index contributed by atoms with van der Waals surface area (Å²) in [6.45, 7) is 0. The fourth-order valence-corrected chi connectivity index (χ4v) is 2.52. The Kier molecular flexibility index (Phi) is 6.05. The molecule has 0 amide bonds. The summed E-state index contributed by atoms with van der Waals surface area (Å²) in [5.41, 5.74) is 1.39. The molecule has 25 heavy (non-hydrogen) atoms. The van der Waals surface area contributed by atoms with Crippen LogP contribution in [0.5, 0.6) is 0 Å². The van der Waals surface area contributed by atoms with Crippen LogP contribution in [0.25, 0.3) is 0 Å². The fourth-order valence-electron chi connectivity index (χ4n) is 2.25. The van der Waals surface area contributed by atoms with E-state index in [0.717, 1.165) is 10.2 Å². The molecule has 5 nitrogen and oxygen atoms in total. The number of hydrogen-bond acceptors (Lipinski definition) is 4. The zero-order valence-corrected chi connectivity index (χ0v) is 15.4. The smallest absolute Gasteiger partial charge is 0.241 e. The molecular weight excluding hydrogens is 380 g/mol. The maximum absolute atomic E-state index is 12.9. The highest BCUT2D eigenvalue weighted by Crippen LogP contribution is 2.17. The lowest BCUT2D eigenvalue weighted by Gasteiger charge is -2.12. The molecule has 1 heterocycles. The van der Waals surface area contributed by atoms with Gasteiger partial charge in [0.2, 0.25) is 11.8 Å². The first-order valence-electron chi connectivity index (χ1n) is 7.46. The quantitative estimate of drug-likeness (QED) is 0.442. The lowest BCUT2D eigenvalue weighted by molar-refractivity contribution is -0.697. The van der Waals surface area contributed by atoms with Crippen molar-refractivity contribution in [2.75, 3.05) is 19.0 Å². The molecule has 1 aromatic carbocycles. The minimum atomic E-state index is -0.772. The largest absolute Gasteiger partial charge is 0.377 e. The molecule has 1 atom stereocenters. The molecule has 1 aromatic heterocycles. The van der Waals surface area contributed by atoms with Crippen molar-refractivity contribution < 1.29 is 9.36 Å². The SMILES string of the molecule is CN(C)c1cc[n+](C(C=C(C#N)C#N)C(=O)c2ccc(Br)cc2)cc1. The third-order valence-corrected chi connectivity index (χ3v) is 4.16. The second-order valence-corrected chi connectivity index (χ2v) is 6.43. The summed E-state index contributed by atoms with van der Waals surface area (Å²) in [6, 6.07) is 13.6. The van der Waals surface area contributed by atoms with Crippen LogP contribution in [0.2, 0.25) is 0 Å². The van der Waals surface area contributed by atoms with Crippen molar-refractivity contribution in [2.24, 2.45) is 0 Å². The van der Waals surface area contributed by atoms with E-state index in [1.807, 2.05) is 43.3 Å². The molecule has 0 spiro atoms. The van der Waals surface area contributed by atoms with Crippen LogP contribution in [0.3, 0.4) is 0 Å². The van der Waals surface area contributed by atoms with Gasteiger partial charge in [-0.15, -0.1) is 0 Å². The zero-order chi connectivity index (χ0) is 18.4. The Balaban J connectivity index is 2.48. The van der Waals surface area contributed by atoms with Crippen molar-refractivity contribution in [2.45, 2.75) is 6.04 Å². The molecule has 2 rings (SSSR count). The maximum atomic E-state index is 12.9. The van der Waals surface area contributed by atoms with Crippen LogP contribution in [0.15, 0.2) is 64.9 Å². The molecule has 2 aromatic rings. The first-order valence-corrected chi connectivity index (χ1v) is 8.25. The van der Waals surface area contributed by atoms with Crippen LogP contribution < -0.4 is 9.47 Å². The number of pyridine rings is 1. The number of rotatable bonds is 5. The average Bonchev–Trinajstić information content (AvgIpc) is 2.63. The van der Waals surface area contributed by atoms with E-state index in [2.05, 4.69) is 15.9 Å². The van der Waals surface area contributed by atoms with Gasteiger partial charge in [-0.05, 0) is 12.1 Å². The van der Waals surface area contributed by atoms with Gasteiger partial charge in [0.1, 0.15) is 17.7 Å². The first-order chi connectivity index (χ1) is 12.0. The lowest BCUT2D eigenvalue weighted by atomic mass is 10.0. The van der Waals surface area contributed by atoms with Crippen LogP contribution in [0.4, 0.5) is 5.69 Å². The van der Waals surface area contributed by atoms with Crippen LogP contribution in [-0.4, -0.2) is 19.9 Å². The number of anilines is 1. The van der Waals surface area contributed by atoms with Gasteiger partial charge in [-0.1, -0.05) is 28.1 Å². The number of nitriles is 2. The van der Waals surface area contributed by atoms with Crippen LogP contribution in [0, 0.1) is 22.7 Å². The minimum absolute atomic E-state index is 0.0975. The first kappa shape index (κ1) is 18.4. The van der Waals surface area contributed by atoms with Crippen molar-refractivity contribution in [3.05, 3.63) is 70.5 Å². The standard InChI is InChI=1S/C19H16BrN4O/c1-23(2)17-7-9-24(10-8-17)18(11-14(12-21)13-22)19(25)15-3-5-16(20)6-4-15/h3-11,18H,1-2H3/q+1. The van der Waals surface area contributed by atoms with E-state index in [1.165, 1.54) is 6.08 Å². The Morgan fingerprint density at radius 3 is 2.16 bits per heavy atom. The Hall–Kier alpha value is -2.96. The van der Waals surface area contributed by atoms with E-state index in [1.54, 1.807) is 41.2 Å². The summed E-state index contributed by atoms with van der Waals surface area (Å²) in [5.74, 6) is -0.196. The molecule has 0 radical (unpaired) electrons. The third-order valence-electron chi connectivity index (χ3n) is 3.64. The van der Waals surface area contributed by atoms with Gasteiger partial charge >= 0.3 is 0 Å². The van der Waals surface area contributed by atoms with Crippen LogP contribution >= 0.6 is 15.9 Å². The molecule has 0 aliphatic heterocycles. The van der Waals surface area contributed by atoms with Gasteiger partial charge < -0.3 is 4.90 Å². The van der Waals surface area contributed by atoms with Crippen molar-refractivity contribution in [1.29, 1.82) is 10.5 Å². The van der Waals surface area contributed by atoms with Crippen molar-refractivity contribution >= 4 is 27.4 Å². The number of allylic oxidation sites excluding steroid dienone is 2. The molecule has 6 heteroatoms. The monoisotopic (exact) mass is 395 g/mol. The molecular formula is C19H16BrN4O+. The summed E-state index contributed by atoms with van der Waals surface area (Å²) in [5, 5.41) is 18.1. The van der Waals surface area contributed by atoms with Gasteiger partial charge in [0.15, 0.2) is 12.4 Å². The number of benzene rings is 1. The van der Waals surface area contributed by atoms with Gasteiger partial charge in [-0.2, -0.15) is 15.1 Å². The molecule has 0 saturated heterocycles. The molecule has 0 N–H and O–H groups in total. The highest BCUT2D eigenvalue weighted by atomic mass is 79.9. The number of Topliss-reactive ketones (excluding diaryl/α,β-unsaturated/α-hetero) is 1. The van der Waals surface area contributed by atoms with Gasteiger partial charge in [0, 0.05) is 48.0 Å². The molecule has 0 aliphatic carbocycles. The molecule has 0 aliphatic rings. The second-order valence-electron chi connectivity index (χ2n) is 5.52. The highest BCUT2D eigenvalue weighted by Gasteiger charge is 2.27. The molecule has 0 bridgehead atoms. The topological polar surface area (TPSA) is 71.8 Å². The van der Waals surface area contributed by atoms with E-state index >= 15 is 0 Å². The van der Waals surface area contributed by atoms with Crippen molar-refractivity contribution in [1.82, 2.24) is 0 Å². The molecule has 124 valence electrons. The Morgan fingerprint density at radius 2 is 1.68 bits per heavy atom. The number of halogens is 1. The lowest BCUT2D eigenvalue weighted by Crippen LogP contribution is -2.42. The molecule has 0 saturated carbocycles. The van der Waals surface area contributed by atoms with E-state index in [-0.39, 0.29) is 11.4 Å². The van der Waals surface area contributed by atoms with E-state index in [9.17, 15) is 4.79 Å². The Bertz CT molecular complexity index is 856. The van der Waals surface area contributed by atoms with Gasteiger partial charge in [0.05, 0.1) is 0 Å². The number of hydrogen-bond donors (Lipinski definition) is 0. The maximum Gasteiger partial charge on any atom is 0.241 e. The summed E-state index contributed by atoms with van der Waals surface area (Å²) in [7, 11) is 3.85. The number of ketones is 1. The number of carbonyl (C=O) groups is 1. The number of nitrogens with zero attached hydrogens (tertiary/aromatic N) is 4. The molecule has 0 fully saturated rings. The zero-order valence-electron chi connectivity index (χ0n) is 13.8. The van der Waals surface area contributed by atoms with E-state index in [0.29, 0.717) is 5.56 Å². The summed E-state index contributed by atoms with van der Waals surface area (Å²) in [4.78, 5) is 14.9. The predicted octanol–water partition coefficient (Wildman–Crippen LogP) is 3.20. The van der Waals surface area contributed by atoms with Gasteiger partial charge in [0.25, 0.3) is 0 Å². The normalized spacial score (nSPS) is 10.9. The Morgan fingerprint density at radius 1 is 1.12 bits per heavy atom. The van der Waals surface area contributed by atoms with Crippen molar-refractivity contribution in [3.63, 3.8) is 0 Å². The third kappa shape index (κ3) is 4.53. The fraction of sp³-hybridized carbons (Fsp3) is 0.158. The summed E-state index contributed by atoms with van der Waals surface area (Å²) in [6.07, 6.45) is 4.92. The van der Waals surface area contributed by atoms with Crippen molar-refractivity contribution in [3.8, 4) is 12.1 Å².